The van der Waals surface area contributed by atoms with Crippen LogP contribution in [0.15, 0.2) is 0 Å². The van der Waals surface area contributed by atoms with Gasteiger partial charge in [0.2, 0.25) is 0 Å². The smallest absolute Gasteiger partial charge is 0.0908 e. The number of aliphatic hydroxyl groups excluding tert-OH is 3. The molecule has 0 bridgehead atoms. The number of ether oxygens (including phenoxy) is 3. The summed E-state index contributed by atoms with van der Waals surface area (Å²) in [5.74, 6) is 0.280. The van der Waals surface area contributed by atoms with Crippen LogP contribution >= 0.6 is 34.8 Å². The van der Waals surface area contributed by atoms with Crippen LogP contribution in [0.5, 0.6) is 0 Å². The minimum atomic E-state index is -0.737. The minimum Gasteiger partial charge on any atom is -0.389 e. The molecule has 0 saturated heterocycles. The first-order chi connectivity index (χ1) is 11.4. The van der Waals surface area contributed by atoms with Crippen molar-refractivity contribution in [3.63, 3.8) is 0 Å². The Morgan fingerprint density at radius 2 is 1.00 bits per heavy atom. The summed E-state index contributed by atoms with van der Waals surface area (Å²) in [6, 6.07) is 0. The van der Waals surface area contributed by atoms with Crippen molar-refractivity contribution in [1.82, 2.24) is 0 Å². The van der Waals surface area contributed by atoms with Crippen molar-refractivity contribution >= 4 is 34.8 Å². The Labute approximate surface area is 158 Å². The number of rotatable bonds is 16. The Kier molecular flexibility index (Phi) is 15.2. The lowest BCUT2D eigenvalue weighted by Gasteiger charge is -2.33. The van der Waals surface area contributed by atoms with Crippen molar-refractivity contribution in [1.29, 1.82) is 0 Å². The molecule has 3 unspecified atom stereocenters. The van der Waals surface area contributed by atoms with Crippen molar-refractivity contribution in [2.45, 2.75) is 31.7 Å². The predicted molar refractivity (Wildman–Crippen MR) is 95.4 cm³/mol. The Morgan fingerprint density at radius 1 is 0.708 bits per heavy atom. The minimum absolute atomic E-state index is 0.0932. The van der Waals surface area contributed by atoms with E-state index >= 15 is 0 Å². The quantitative estimate of drug-likeness (QED) is 0.331. The highest BCUT2D eigenvalue weighted by Crippen LogP contribution is 2.24. The van der Waals surface area contributed by atoms with Gasteiger partial charge in [-0.3, -0.25) is 0 Å². The molecular formula is C15H29Cl3O6. The van der Waals surface area contributed by atoms with Crippen LogP contribution in [0.2, 0.25) is 0 Å². The maximum atomic E-state index is 9.47. The Hall–Kier alpha value is 0.630. The summed E-state index contributed by atoms with van der Waals surface area (Å²) in [4.78, 5) is 0. The summed E-state index contributed by atoms with van der Waals surface area (Å²) < 4.78 is 16.6. The molecule has 0 aromatic carbocycles. The third-order valence-corrected chi connectivity index (χ3v) is 4.51. The second-order valence-corrected chi connectivity index (χ2v) is 6.75. The van der Waals surface area contributed by atoms with Gasteiger partial charge in [-0.25, -0.2) is 0 Å². The molecule has 6 nitrogen and oxygen atoms in total. The monoisotopic (exact) mass is 410 g/mol. The van der Waals surface area contributed by atoms with Crippen LogP contribution in [0.3, 0.4) is 0 Å². The van der Waals surface area contributed by atoms with E-state index in [4.69, 9.17) is 49.0 Å². The zero-order chi connectivity index (χ0) is 18.4. The molecule has 3 N–H and O–H groups in total. The zero-order valence-electron chi connectivity index (χ0n) is 14.0. The van der Waals surface area contributed by atoms with Gasteiger partial charge in [-0.2, -0.15) is 0 Å². The van der Waals surface area contributed by atoms with E-state index < -0.39 is 23.7 Å². The van der Waals surface area contributed by atoms with Gasteiger partial charge in [0.05, 0.1) is 75.6 Å². The van der Waals surface area contributed by atoms with Crippen molar-refractivity contribution in [3.8, 4) is 0 Å². The molecule has 0 aliphatic carbocycles. The van der Waals surface area contributed by atoms with Crippen LogP contribution in [0.4, 0.5) is 0 Å². The summed E-state index contributed by atoms with van der Waals surface area (Å²) in [7, 11) is 0. The first-order valence-electron chi connectivity index (χ1n) is 7.88. The van der Waals surface area contributed by atoms with E-state index in [1.165, 1.54) is 0 Å². The third kappa shape index (κ3) is 11.3. The molecule has 0 aromatic rings. The SMILES string of the molecule is CCC(COCC(O)CCl)(COCC(O)CCl)COCC(O)CCl. The first-order valence-corrected chi connectivity index (χ1v) is 9.48. The molecule has 0 radical (unpaired) electrons. The fraction of sp³-hybridized carbons (Fsp3) is 1.00. The van der Waals surface area contributed by atoms with Crippen LogP contribution in [0.1, 0.15) is 13.3 Å². The predicted octanol–water partition coefficient (Wildman–Crippen LogP) is 1.23. The number of aliphatic hydroxyl groups is 3. The van der Waals surface area contributed by atoms with Gasteiger partial charge in [-0.05, 0) is 6.42 Å². The van der Waals surface area contributed by atoms with Crippen molar-refractivity contribution < 1.29 is 29.5 Å². The number of alkyl halides is 3. The normalized spacial score (nSPS) is 18.1. The molecule has 9 heteroatoms. The molecule has 0 spiro atoms. The van der Waals surface area contributed by atoms with E-state index in [9.17, 15) is 15.3 Å². The fourth-order valence-corrected chi connectivity index (χ4v) is 2.07. The second-order valence-electron chi connectivity index (χ2n) is 5.82. The van der Waals surface area contributed by atoms with Crippen LogP contribution in [0.25, 0.3) is 0 Å². The van der Waals surface area contributed by atoms with Gasteiger partial charge in [-0.15, -0.1) is 34.8 Å². The molecule has 3 atom stereocenters. The largest absolute Gasteiger partial charge is 0.389 e. The lowest BCUT2D eigenvalue weighted by Crippen LogP contribution is -2.39. The molecule has 0 aliphatic rings. The van der Waals surface area contributed by atoms with Gasteiger partial charge >= 0.3 is 0 Å². The zero-order valence-corrected chi connectivity index (χ0v) is 16.3. The summed E-state index contributed by atoms with van der Waals surface area (Å²) in [6.07, 6.45) is -1.53. The number of halogens is 3. The van der Waals surface area contributed by atoms with Gasteiger partial charge in [0.25, 0.3) is 0 Å². The molecule has 0 aliphatic heterocycles. The second kappa shape index (κ2) is 14.8. The standard InChI is InChI=1S/C15H29Cl3O6/c1-2-15(9-22-6-12(19)3-16,10-23-7-13(20)4-17)11-24-8-14(21)5-18/h12-14,19-21H,2-11H2,1H3. The van der Waals surface area contributed by atoms with Crippen molar-refractivity contribution in [2.24, 2.45) is 5.41 Å². The number of hydrogen-bond acceptors (Lipinski definition) is 6. The molecule has 0 aromatic heterocycles. The van der Waals surface area contributed by atoms with E-state index in [0.29, 0.717) is 6.42 Å². The van der Waals surface area contributed by atoms with E-state index in [1.807, 2.05) is 6.92 Å². The van der Waals surface area contributed by atoms with Gasteiger partial charge in [0.1, 0.15) is 0 Å². The molecular weight excluding hydrogens is 383 g/mol. The highest BCUT2D eigenvalue weighted by Gasteiger charge is 2.30. The van der Waals surface area contributed by atoms with Crippen LogP contribution < -0.4 is 0 Å². The molecule has 0 heterocycles. The van der Waals surface area contributed by atoms with Crippen LogP contribution in [-0.2, 0) is 14.2 Å². The number of hydrogen-bond donors (Lipinski definition) is 3. The molecule has 146 valence electrons. The highest BCUT2D eigenvalue weighted by atomic mass is 35.5. The lowest BCUT2D eigenvalue weighted by atomic mass is 9.88. The lowest BCUT2D eigenvalue weighted by molar-refractivity contribution is -0.0963. The van der Waals surface area contributed by atoms with E-state index in [-0.39, 0.29) is 57.3 Å². The maximum Gasteiger partial charge on any atom is 0.0908 e. The summed E-state index contributed by atoms with van der Waals surface area (Å²) in [5.41, 5.74) is -0.482. The van der Waals surface area contributed by atoms with Crippen LogP contribution in [-0.4, -0.2) is 90.9 Å². The first kappa shape index (κ1) is 24.6. The van der Waals surface area contributed by atoms with E-state index in [1.54, 1.807) is 0 Å². The molecule has 0 rings (SSSR count). The Bertz CT molecular complexity index is 258. The van der Waals surface area contributed by atoms with Crippen molar-refractivity contribution in [3.05, 3.63) is 0 Å². The topological polar surface area (TPSA) is 88.4 Å². The van der Waals surface area contributed by atoms with Crippen LogP contribution in [0, 0.1) is 5.41 Å². The van der Waals surface area contributed by atoms with Gasteiger partial charge in [0.15, 0.2) is 0 Å². The van der Waals surface area contributed by atoms with Gasteiger partial charge in [0, 0.05) is 5.41 Å². The Morgan fingerprint density at radius 3 is 1.21 bits per heavy atom. The molecule has 24 heavy (non-hydrogen) atoms. The summed E-state index contributed by atoms with van der Waals surface area (Å²) in [6.45, 7) is 3.14. The van der Waals surface area contributed by atoms with Crippen molar-refractivity contribution in [2.75, 3.05) is 57.3 Å². The van der Waals surface area contributed by atoms with E-state index in [0.717, 1.165) is 0 Å². The summed E-state index contributed by atoms with van der Waals surface area (Å²) >= 11 is 16.6. The highest BCUT2D eigenvalue weighted by molar-refractivity contribution is 6.18. The summed E-state index contributed by atoms with van der Waals surface area (Å²) in [5, 5.41) is 28.4. The maximum absolute atomic E-state index is 9.47. The average Bonchev–Trinajstić information content (AvgIpc) is 2.60. The fourth-order valence-electron chi connectivity index (χ4n) is 1.80. The third-order valence-electron chi connectivity index (χ3n) is 3.44. The average molecular weight is 412 g/mol. The van der Waals surface area contributed by atoms with Gasteiger partial charge in [-0.1, -0.05) is 6.92 Å². The molecule has 0 saturated carbocycles. The molecule has 0 fully saturated rings. The Balaban J connectivity index is 4.54. The van der Waals surface area contributed by atoms with Gasteiger partial charge < -0.3 is 29.5 Å². The molecule has 0 amide bonds. The van der Waals surface area contributed by atoms with E-state index in [2.05, 4.69) is 0 Å².